The Kier molecular flexibility index (Phi) is 16.8. The standard InChI is InChI=1S/C35H43N5O8/c1-2-36-31(41)29(22-12-14-24-37-46-33(43)26-16-6-3-7-17-26)39-32(42)30(40-48-35(45)28-20-10-5-11-21-28)23-13-15-25-38-47-34(44)27-18-8-4-9-19-27/h3-11,16-21,29-30,37-38,40H,2,12-15,22-25H2,1H3,(H,36,41)(H,39,42). The van der Waals surface area contributed by atoms with Crippen LogP contribution in [0.1, 0.15) is 76.5 Å². The van der Waals surface area contributed by atoms with E-state index in [1.807, 2.05) is 0 Å². The Morgan fingerprint density at radius 3 is 1.40 bits per heavy atom. The minimum absolute atomic E-state index is 0.251. The summed E-state index contributed by atoms with van der Waals surface area (Å²) in [6.45, 7) is 2.83. The van der Waals surface area contributed by atoms with Gasteiger partial charge < -0.3 is 25.1 Å². The first-order chi connectivity index (χ1) is 23.4. The lowest BCUT2D eigenvalue weighted by Crippen LogP contribution is -2.53. The highest BCUT2D eigenvalue weighted by molar-refractivity contribution is 5.91. The van der Waals surface area contributed by atoms with E-state index in [4.69, 9.17) is 14.5 Å². The van der Waals surface area contributed by atoms with E-state index in [1.54, 1.807) is 97.9 Å². The van der Waals surface area contributed by atoms with Gasteiger partial charge in [-0.1, -0.05) is 54.6 Å². The third kappa shape index (κ3) is 13.7. The molecule has 0 spiro atoms. The largest absolute Gasteiger partial charge is 0.367 e. The second kappa shape index (κ2) is 21.6. The van der Waals surface area contributed by atoms with Gasteiger partial charge >= 0.3 is 17.9 Å². The van der Waals surface area contributed by atoms with Crippen LogP contribution in [0.25, 0.3) is 0 Å². The quantitative estimate of drug-likeness (QED) is 0.0643. The van der Waals surface area contributed by atoms with Crippen molar-refractivity contribution in [1.29, 1.82) is 0 Å². The zero-order chi connectivity index (χ0) is 34.4. The molecule has 2 amide bonds. The Morgan fingerprint density at radius 2 is 0.958 bits per heavy atom. The number of carbonyl (C=O) groups is 5. The van der Waals surface area contributed by atoms with Crippen LogP contribution < -0.4 is 27.1 Å². The predicted molar refractivity (Wildman–Crippen MR) is 177 cm³/mol. The van der Waals surface area contributed by atoms with E-state index >= 15 is 0 Å². The van der Waals surface area contributed by atoms with Crippen LogP contribution in [-0.2, 0) is 24.1 Å². The minimum Gasteiger partial charge on any atom is -0.367 e. The lowest BCUT2D eigenvalue weighted by atomic mass is 10.1. The molecule has 0 heterocycles. The molecule has 3 rings (SSSR count). The first kappa shape index (κ1) is 37.3. The number of hydrogen-bond donors (Lipinski definition) is 5. The molecule has 256 valence electrons. The fourth-order valence-electron chi connectivity index (χ4n) is 4.43. The van der Waals surface area contributed by atoms with Crippen molar-refractivity contribution in [2.24, 2.45) is 0 Å². The molecule has 0 saturated heterocycles. The molecular formula is C35H43N5O8. The van der Waals surface area contributed by atoms with Gasteiger partial charge in [0, 0.05) is 19.6 Å². The fraction of sp³-hybridized carbons (Fsp3) is 0.343. The van der Waals surface area contributed by atoms with Crippen LogP contribution in [0.15, 0.2) is 91.0 Å². The number of rotatable bonds is 21. The first-order valence-corrected chi connectivity index (χ1v) is 16.0. The van der Waals surface area contributed by atoms with Gasteiger partial charge in [-0.25, -0.2) is 14.4 Å². The first-order valence-electron chi connectivity index (χ1n) is 16.0. The number of unbranched alkanes of at least 4 members (excludes halogenated alkanes) is 2. The summed E-state index contributed by atoms with van der Waals surface area (Å²) in [5, 5.41) is 5.53. The number of hydrogen-bond acceptors (Lipinski definition) is 11. The van der Waals surface area contributed by atoms with Crippen molar-refractivity contribution >= 4 is 29.7 Å². The molecule has 0 saturated carbocycles. The summed E-state index contributed by atoms with van der Waals surface area (Å²) in [7, 11) is 0. The lowest BCUT2D eigenvalue weighted by molar-refractivity contribution is -0.132. The Morgan fingerprint density at radius 1 is 0.542 bits per heavy atom. The van der Waals surface area contributed by atoms with Gasteiger partial charge in [-0.2, -0.15) is 11.0 Å². The molecule has 0 radical (unpaired) electrons. The monoisotopic (exact) mass is 661 g/mol. The maximum atomic E-state index is 13.4. The second-order valence-corrected chi connectivity index (χ2v) is 10.7. The van der Waals surface area contributed by atoms with E-state index in [0.29, 0.717) is 68.4 Å². The topological polar surface area (TPSA) is 173 Å². The average molecular weight is 662 g/mol. The summed E-state index contributed by atoms with van der Waals surface area (Å²) < 4.78 is 0. The highest BCUT2D eigenvalue weighted by Crippen LogP contribution is 2.08. The Bertz CT molecular complexity index is 1430. The Hall–Kier alpha value is -5.11. The van der Waals surface area contributed by atoms with Gasteiger partial charge in [0.15, 0.2) is 0 Å². The zero-order valence-electron chi connectivity index (χ0n) is 26.9. The van der Waals surface area contributed by atoms with E-state index in [2.05, 4.69) is 27.1 Å². The fourth-order valence-corrected chi connectivity index (χ4v) is 4.43. The third-order valence-electron chi connectivity index (χ3n) is 7.00. The van der Waals surface area contributed by atoms with E-state index in [0.717, 1.165) is 0 Å². The van der Waals surface area contributed by atoms with Crippen LogP contribution >= 0.6 is 0 Å². The predicted octanol–water partition coefficient (Wildman–Crippen LogP) is 3.40. The molecule has 0 aliphatic rings. The molecule has 13 nitrogen and oxygen atoms in total. The van der Waals surface area contributed by atoms with Crippen molar-refractivity contribution in [1.82, 2.24) is 27.1 Å². The molecule has 3 aromatic carbocycles. The molecule has 0 fully saturated rings. The van der Waals surface area contributed by atoms with Gasteiger partial charge in [0.05, 0.1) is 16.7 Å². The summed E-state index contributed by atoms with van der Waals surface area (Å²) in [4.78, 5) is 78.4. The van der Waals surface area contributed by atoms with E-state index in [1.165, 1.54) is 0 Å². The maximum Gasteiger partial charge on any atom is 0.356 e. The van der Waals surface area contributed by atoms with Gasteiger partial charge in [-0.3, -0.25) is 9.59 Å². The van der Waals surface area contributed by atoms with Gasteiger partial charge in [0.2, 0.25) is 11.8 Å². The van der Waals surface area contributed by atoms with Crippen molar-refractivity contribution in [3.8, 4) is 0 Å². The number of nitrogens with one attached hydrogen (secondary N) is 5. The lowest BCUT2D eigenvalue weighted by Gasteiger charge is -2.23. The summed E-state index contributed by atoms with van der Waals surface area (Å²) in [6, 6.07) is 23.6. The van der Waals surface area contributed by atoms with Crippen LogP contribution in [0.5, 0.6) is 0 Å². The third-order valence-corrected chi connectivity index (χ3v) is 7.00. The summed E-state index contributed by atoms with van der Waals surface area (Å²) in [5.74, 6) is -2.55. The van der Waals surface area contributed by atoms with Crippen LogP contribution in [0.2, 0.25) is 0 Å². The van der Waals surface area contributed by atoms with Gasteiger partial charge in [-0.05, 0) is 81.8 Å². The van der Waals surface area contributed by atoms with Crippen molar-refractivity contribution in [2.45, 2.75) is 57.5 Å². The molecule has 0 aliphatic heterocycles. The molecule has 2 atom stereocenters. The summed E-state index contributed by atoms with van der Waals surface area (Å²) in [6.07, 6.45) is 2.68. The van der Waals surface area contributed by atoms with E-state index in [9.17, 15) is 24.0 Å². The average Bonchev–Trinajstić information content (AvgIpc) is 3.12. The normalized spacial score (nSPS) is 11.9. The highest BCUT2D eigenvalue weighted by atomic mass is 16.7. The molecule has 0 aromatic heterocycles. The van der Waals surface area contributed by atoms with Crippen molar-refractivity contribution in [2.75, 3.05) is 19.6 Å². The van der Waals surface area contributed by atoms with Gasteiger partial charge in [-0.15, -0.1) is 5.48 Å². The molecule has 0 bridgehead atoms. The van der Waals surface area contributed by atoms with Crippen LogP contribution in [-0.4, -0.2) is 61.4 Å². The molecule has 0 aliphatic carbocycles. The highest BCUT2D eigenvalue weighted by Gasteiger charge is 2.26. The number of likely N-dealkylation sites (N-methyl/N-ethyl adjacent to an activating group) is 1. The molecule has 13 heteroatoms. The van der Waals surface area contributed by atoms with E-state index in [-0.39, 0.29) is 12.3 Å². The minimum atomic E-state index is -0.972. The second-order valence-electron chi connectivity index (χ2n) is 10.7. The molecule has 2 unspecified atom stereocenters. The van der Waals surface area contributed by atoms with Gasteiger partial charge in [0.1, 0.15) is 12.1 Å². The zero-order valence-corrected chi connectivity index (χ0v) is 26.9. The van der Waals surface area contributed by atoms with Crippen molar-refractivity contribution in [3.63, 3.8) is 0 Å². The molecule has 5 N–H and O–H groups in total. The number of amides is 2. The van der Waals surface area contributed by atoms with Crippen LogP contribution in [0, 0.1) is 0 Å². The van der Waals surface area contributed by atoms with Crippen molar-refractivity contribution in [3.05, 3.63) is 108 Å². The molecule has 48 heavy (non-hydrogen) atoms. The summed E-state index contributed by atoms with van der Waals surface area (Å²) in [5.41, 5.74) is 8.98. The SMILES string of the molecule is CCNC(=O)C(CCCCNOC(=O)c1ccccc1)NC(=O)C(CCCCNOC(=O)c1ccccc1)NOC(=O)c1ccccc1. The van der Waals surface area contributed by atoms with E-state index < -0.39 is 35.9 Å². The maximum absolute atomic E-state index is 13.4. The number of benzene rings is 3. The van der Waals surface area contributed by atoms with Crippen molar-refractivity contribution < 1.29 is 38.5 Å². The summed E-state index contributed by atoms with van der Waals surface area (Å²) >= 11 is 0. The Labute approximate surface area is 280 Å². The van der Waals surface area contributed by atoms with Gasteiger partial charge in [0.25, 0.3) is 0 Å². The smallest absolute Gasteiger partial charge is 0.356 e. The molecular weight excluding hydrogens is 618 g/mol. The van der Waals surface area contributed by atoms with Crippen LogP contribution in [0.3, 0.4) is 0 Å². The molecule has 3 aromatic rings. The number of hydroxylamine groups is 3. The Balaban J connectivity index is 1.50. The van der Waals surface area contributed by atoms with Crippen LogP contribution in [0.4, 0.5) is 0 Å². The number of carbonyl (C=O) groups excluding carboxylic acids is 5.